The van der Waals surface area contributed by atoms with Gasteiger partial charge >= 0.3 is 0 Å². The first kappa shape index (κ1) is 25.5. The van der Waals surface area contributed by atoms with Gasteiger partial charge in [-0.25, -0.2) is 22.0 Å². The molecular formula is C22H22ClN3O6S2. The first-order chi connectivity index (χ1) is 15.9. The van der Waals surface area contributed by atoms with Gasteiger partial charge in [-0.1, -0.05) is 23.7 Å². The summed E-state index contributed by atoms with van der Waals surface area (Å²) in [6.07, 6.45) is 1.12. The van der Waals surface area contributed by atoms with Gasteiger partial charge in [-0.2, -0.15) is 0 Å². The Morgan fingerprint density at radius 1 is 0.941 bits per heavy atom. The maximum atomic E-state index is 12.3. The van der Waals surface area contributed by atoms with Crippen LogP contribution < -0.4 is 19.5 Å². The monoisotopic (exact) mass is 523 g/mol. The summed E-state index contributed by atoms with van der Waals surface area (Å²) in [6.45, 7) is -0.181. The van der Waals surface area contributed by atoms with Crippen molar-refractivity contribution in [3.05, 3.63) is 83.4 Å². The second-order valence-electron chi connectivity index (χ2n) is 7.30. The van der Waals surface area contributed by atoms with E-state index in [2.05, 4.69) is 5.32 Å². The molecule has 34 heavy (non-hydrogen) atoms. The van der Waals surface area contributed by atoms with Gasteiger partial charge in [0.05, 0.1) is 23.4 Å². The van der Waals surface area contributed by atoms with Gasteiger partial charge < -0.3 is 10.1 Å². The molecule has 3 rings (SSSR count). The lowest BCUT2D eigenvalue weighted by molar-refractivity contribution is -0.118. The Bertz CT molecular complexity index is 1360. The molecule has 0 aliphatic heterocycles. The van der Waals surface area contributed by atoms with E-state index < -0.39 is 26.0 Å². The van der Waals surface area contributed by atoms with Gasteiger partial charge in [0.1, 0.15) is 5.75 Å². The number of nitrogens with two attached hydrogens (primary N) is 1. The Balaban J connectivity index is 1.61. The molecule has 3 aromatic rings. The van der Waals surface area contributed by atoms with Crippen LogP contribution in [0.5, 0.6) is 5.75 Å². The molecule has 3 N–H and O–H groups in total. The smallest absolute Gasteiger partial charge is 0.262 e. The van der Waals surface area contributed by atoms with Crippen LogP contribution in [0.1, 0.15) is 5.56 Å². The van der Waals surface area contributed by atoms with Gasteiger partial charge in [0.15, 0.2) is 6.61 Å². The molecule has 0 aromatic heterocycles. The highest BCUT2D eigenvalue weighted by Gasteiger charge is 2.18. The average molecular weight is 524 g/mol. The van der Waals surface area contributed by atoms with Crippen LogP contribution in [0.4, 0.5) is 11.4 Å². The third-order valence-corrected chi connectivity index (χ3v) is 6.92. The largest absolute Gasteiger partial charge is 0.484 e. The van der Waals surface area contributed by atoms with E-state index in [1.807, 2.05) is 0 Å². The second kappa shape index (κ2) is 10.4. The summed E-state index contributed by atoms with van der Waals surface area (Å²) >= 11 is 5.89. The summed E-state index contributed by atoms with van der Waals surface area (Å²) < 4.78 is 53.9. The summed E-state index contributed by atoms with van der Waals surface area (Å²) in [5, 5.41) is 8.17. The third kappa shape index (κ3) is 7.19. The number of ether oxygens (including phenoxy) is 1. The number of primary sulfonamides is 1. The zero-order chi connectivity index (χ0) is 24.9. The quantitative estimate of drug-likeness (QED) is 0.442. The topological polar surface area (TPSA) is 136 Å². The van der Waals surface area contributed by atoms with Crippen molar-refractivity contribution in [2.75, 3.05) is 22.5 Å². The van der Waals surface area contributed by atoms with Crippen LogP contribution in [0.15, 0.2) is 77.7 Å². The van der Waals surface area contributed by atoms with E-state index in [0.717, 1.165) is 11.8 Å². The predicted molar refractivity (Wildman–Crippen MR) is 131 cm³/mol. The maximum Gasteiger partial charge on any atom is 0.262 e. The van der Waals surface area contributed by atoms with Crippen LogP contribution in [-0.4, -0.2) is 35.6 Å². The lowest BCUT2D eigenvalue weighted by Gasteiger charge is -2.23. The van der Waals surface area contributed by atoms with Gasteiger partial charge in [-0.05, 0) is 66.2 Å². The number of nitrogens with zero attached hydrogens (tertiary/aromatic N) is 1. The predicted octanol–water partition coefficient (Wildman–Crippen LogP) is 2.97. The van der Waals surface area contributed by atoms with Crippen molar-refractivity contribution >= 4 is 48.9 Å². The first-order valence-corrected chi connectivity index (χ1v) is 13.6. The van der Waals surface area contributed by atoms with Gasteiger partial charge in [-0.3, -0.25) is 9.10 Å². The zero-order valence-corrected chi connectivity index (χ0v) is 20.4. The summed E-state index contributed by atoms with van der Waals surface area (Å²) in [5.41, 5.74) is 1.58. The van der Waals surface area contributed by atoms with Crippen molar-refractivity contribution < 1.29 is 26.4 Å². The van der Waals surface area contributed by atoms with Crippen LogP contribution in [0.3, 0.4) is 0 Å². The minimum absolute atomic E-state index is 0.0685. The molecule has 9 nitrogen and oxygen atoms in total. The number of anilines is 2. The van der Waals surface area contributed by atoms with E-state index in [0.29, 0.717) is 22.1 Å². The van der Waals surface area contributed by atoms with E-state index in [1.165, 1.54) is 28.6 Å². The Hall–Kier alpha value is -3.12. The molecule has 12 heteroatoms. The van der Waals surface area contributed by atoms with Crippen LogP contribution in [-0.2, 0) is 31.4 Å². The summed E-state index contributed by atoms with van der Waals surface area (Å²) in [7, 11) is -7.38. The molecule has 0 saturated heterocycles. The number of hydrogen-bond donors (Lipinski definition) is 2. The number of amides is 1. The fraction of sp³-hybridized carbons (Fsp3) is 0.136. The van der Waals surface area contributed by atoms with Gasteiger partial charge in [-0.15, -0.1) is 0 Å². The molecule has 0 aliphatic carbocycles. The van der Waals surface area contributed by atoms with E-state index in [4.69, 9.17) is 21.5 Å². The molecule has 3 aromatic carbocycles. The zero-order valence-electron chi connectivity index (χ0n) is 18.0. The molecule has 0 radical (unpaired) electrons. The Morgan fingerprint density at radius 3 is 2.06 bits per heavy atom. The fourth-order valence-electron chi connectivity index (χ4n) is 2.94. The van der Waals surface area contributed by atoms with Crippen LogP contribution in [0.25, 0.3) is 0 Å². The minimum atomic E-state index is -3.82. The van der Waals surface area contributed by atoms with Gasteiger partial charge in [0, 0.05) is 10.7 Å². The van der Waals surface area contributed by atoms with Crippen LogP contribution in [0, 0.1) is 0 Å². The lowest BCUT2D eigenvalue weighted by atomic mass is 10.2. The van der Waals surface area contributed by atoms with E-state index in [9.17, 15) is 21.6 Å². The van der Waals surface area contributed by atoms with E-state index >= 15 is 0 Å². The lowest BCUT2D eigenvalue weighted by Crippen LogP contribution is -2.29. The Morgan fingerprint density at radius 2 is 1.53 bits per heavy atom. The highest BCUT2D eigenvalue weighted by atomic mass is 35.5. The minimum Gasteiger partial charge on any atom is -0.484 e. The summed E-state index contributed by atoms with van der Waals surface area (Å²) in [6, 6.07) is 18.5. The molecule has 1 amide bonds. The highest BCUT2D eigenvalue weighted by Crippen LogP contribution is 2.24. The molecule has 0 fully saturated rings. The van der Waals surface area contributed by atoms with E-state index in [-0.39, 0.29) is 18.0 Å². The SMILES string of the molecule is CS(=O)(=O)N(Cc1ccc(Cl)cc1)c1ccc(OCC(=O)Nc2ccc(S(N)(=O)=O)cc2)cc1. The molecule has 0 bridgehead atoms. The number of hydrogen-bond acceptors (Lipinski definition) is 6. The third-order valence-electron chi connectivity index (χ3n) is 4.60. The highest BCUT2D eigenvalue weighted by molar-refractivity contribution is 7.92. The number of rotatable bonds is 9. The van der Waals surface area contributed by atoms with Crippen molar-refractivity contribution in [2.45, 2.75) is 11.4 Å². The number of nitrogens with one attached hydrogen (secondary N) is 1. The van der Waals surface area contributed by atoms with Gasteiger partial charge in [0.25, 0.3) is 5.91 Å². The Kier molecular flexibility index (Phi) is 7.82. The molecule has 0 atom stereocenters. The first-order valence-electron chi connectivity index (χ1n) is 9.79. The van der Waals surface area contributed by atoms with Crippen LogP contribution in [0.2, 0.25) is 5.02 Å². The Labute approximate surface area is 203 Å². The maximum absolute atomic E-state index is 12.3. The number of carbonyl (C=O) groups is 1. The van der Waals surface area contributed by atoms with Crippen molar-refractivity contribution in [1.82, 2.24) is 0 Å². The molecular weight excluding hydrogens is 502 g/mol. The van der Waals surface area contributed by atoms with Crippen molar-refractivity contribution in [3.8, 4) is 5.75 Å². The molecule has 0 spiro atoms. The van der Waals surface area contributed by atoms with Crippen molar-refractivity contribution in [3.63, 3.8) is 0 Å². The van der Waals surface area contributed by atoms with Crippen molar-refractivity contribution in [2.24, 2.45) is 5.14 Å². The number of sulfonamides is 2. The number of halogens is 1. The van der Waals surface area contributed by atoms with Gasteiger partial charge in [0.2, 0.25) is 20.0 Å². The molecule has 180 valence electrons. The number of benzene rings is 3. The number of carbonyl (C=O) groups excluding carboxylic acids is 1. The average Bonchev–Trinajstić information content (AvgIpc) is 2.77. The standard InChI is InChI=1S/C22H22ClN3O6S2/c1-33(28,29)26(14-16-2-4-17(23)5-3-16)19-8-10-20(11-9-19)32-15-22(27)25-18-6-12-21(13-7-18)34(24,30)31/h2-13H,14-15H2,1H3,(H,25,27)(H2,24,30,31). The molecule has 0 unspecified atom stereocenters. The summed E-state index contributed by atoms with van der Waals surface area (Å²) in [5.74, 6) is -0.101. The second-order valence-corrected chi connectivity index (χ2v) is 11.2. The molecule has 0 saturated carbocycles. The fourth-order valence-corrected chi connectivity index (χ4v) is 4.47. The van der Waals surface area contributed by atoms with Crippen LogP contribution >= 0.6 is 11.6 Å². The summed E-state index contributed by atoms with van der Waals surface area (Å²) in [4.78, 5) is 12.1. The molecule has 0 heterocycles. The van der Waals surface area contributed by atoms with E-state index in [1.54, 1.807) is 48.5 Å². The van der Waals surface area contributed by atoms with Crippen molar-refractivity contribution in [1.29, 1.82) is 0 Å². The normalized spacial score (nSPS) is 11.6. The molecule has 0 aliphatic rings.